The van der Waals surface area contributed by atoms with E-state index in [2.05, 4.69) is 37.1 Å². The van der Waals surface area contributed by atoms with Gasteiger partial charge in [-0.05, 0) is 29.5 Å². The Bertz CT molecular complexity index is 836. The summed E-state index contributed by atoms with van der Waals surface area (Å²) in [6, 6.07) is 6.13. The van der Waals surface area contributed by atoms with E-state index in [1.165, 1.54) is 16.9 Å². The molecule has 0 fully saturated rings. The maximum absolute atomic E-state index is 12.6. The van der Waals surface area contributed by atoms with Crippen LogP contribution in [0.1, 0.15) is 46.1 Å². The van der Waals surface area contributed by atoms with Gasteiger partial charge in [0, 0.05) is 36.0 Å². The molecule has 0 bridgehead atoms. The molecule has 0 atom stereocenters. The fourth-order valence-electron chi connectivity index (χ4n) is 3.04. The summed E-state index contributed by atoms with van der Waals surface area (Å²) in [4.78, 5) is 30.5. The van der Waals surface area contributed by atoms with Crippen molar-refractivity contribution in [1.82, 2.24) is 4.98 Å². The lowest BCUT2D eigenvalue weighted by Gasteiger charge is -2.23. The van der Waals surface area contributed by atoms with E-state index in [1.807, 2.05) is 29.3 Å². The van der Waals surface area contributed by atoms with Crippen LogP contribution >= 0.6 is 11.3 Å². The molecule has 0 unspecified atom stereocenters. The first-order valence-corrected chi connectivity index (χ1v) is 9.84. The molecule has 0 spiro atoms. The number of nitrogens with zero attached hydrogens (tertiary/aromatic N) is 2. The highest BCUT2D eigenvalue weighted by atomic mass is 32.1. The summed E-state index contributed by atoms with van der Waals surface area (Å²) in [5, 5.41) is 5.36. The number of hydrogen-bond donors (Lipinski definition) is 1. The second kappa shape index (κ2) is 7.19. The Morgan fingerprint density at radius 2 is 2.08 bits per heavy atom. The molecule has 1 aromatic carbocycles. The molecule has 0 radical (unpaired) electrons. The molecule has 6 heteroatoms. The number of amides is 2. The van der Waals surface area contributed by atoms with Crippen molar-refractivity contribution < 1.29 is 9.59 Å². The van der Waals surface area contributed by atoms with E-state index in [0.717, 1.165) is 29.9 Å². The number of hydrogen-bond acceptors (Lipinski definition) is 4. The largest absolute Gasteiger partial charge is 0.312 e. The quantitative estimate of drug-likeness (QED) is 0.862. The molecule has 1 aromatic heterocycles. The number of nitrogens with one attached hydrogen (secondary N) is 1. The minimum atomic E-state index is -0.0344. The first-order valence-electron chi connectivity index (χ1n) is 8.96. The van der Waals surface area contributed by atoms with Crippen molar-refractivity contribution in [1.29, 1.82) is 0 Å². The van der Waals surface area contributed by atoms with Gasteiger partial charge in [0.15, 0.2) is 5.13 Å². The molecule has 2 aromatic rings. The van der Waals surface area contributed by atoms with E-state index in [4.69, 9.17) is 0 Å². The van der Waals surface area contributed by atoms with Gasteiger partial charge in [-0.25, -0.2) is 4.98 Å². The van der Waals surface area contributed by atoms with Crippen LogP contribution in [0, 0.1) is 5.41 Å². The SMILES string of the molecule is CCC(=O)Nc1nc(-c2ccc3c(c2)CCN3C(=O)CC(C)(C)C)cs1. The first-order chi connectivity index (χ1) is 12.3. The lowest BCUT2D eigenvalue weighted by molar-refractivity contribution is -0.120. The van der Waals surface area contributed by atoms with E-state index in [9.17, 15) is 9.59 Å². The third kappa shape index (κ3) is 4.12. The smallest absolute Gasteiger partial charge is 0.227 e. The van der Waals surface area contributed by atoms with Crippen LogP contribution in [0.4, 0.5) is 10.8 Å². The van der Waals surface area contributed by atoms with Crippen LogP contribution < -0.4 is 10.2 Å². The molecule has 2 heterocycles. The van der Waals surface area contributed by atoms with Gasteiger partial charge in [0.25, 0.3) is 0 Å². The van der Waals surface area contributed by atoms with Gasteiger partial charge in [0.05, 0.1) is 5.69 Å². The second-order valence-corrected chi connectivity index (χ2v) is 8.67. The lowest BCUT2D eigenvalue weighted by atomic mass is 9.91. The molecule has 0 saturated heterocycles. The maximum atomic E-state index is 12.6. The van der Waals surface area contributed by atoms with Crippen molar-refractivity contribution in [3.63, 3.8) is 0 Å². The Morgan fingerprint density at radius 1 is 1.31 bits per heavy atom. The molecule has 2 amide bonds. The van der Waals surface area contributed by atoms with Gasteiger partial charge in [0.2, 0.25) is 11.8 Å². The molecule has 3 rings (SSSR count). The number of carbonyl (C=O) groups is 2. The van der Waals surface area contributed by atoms with Crippen LogP contribution in [-0.2, 0) is 16.0 Å². The minimum absolute atomic E-state index is 0.0142. The van der Waals surface area contributed by atoms with Gasteiger partial charge in [-0.2, -0.15) is 0 Å². The van der Waals surface area contributed by atoms with Gasteiger partial charge in [-0.1, -0.05) is 33.8 Å². The van der Waals surface area contributed by atoms with E-state index in [0.29, 0.717) is 18.0 Å². The summed E-state index contributed by atoms with van der Waals surface area (Å²) < 4.78 is 0. The molecule has 0 aliphatic carbocycles. The van der Waals surface area contributed by atoms with Crippen LogP contribution in [0.3, 0.4) is 0 Å². The average molecular weight is 372 g/mol. The summed E-state index contributed by atoms with van der Waals surface area (Å²) in [6.07, 6.45) is 1.84. The van der Waals surface area contributed by atoms with E-state index in [1.54, 1.807) is 0 Å². The topological polar surface area (TPSA) is 62.3 Å². The molecule has 1 aliphatic rings. The van der Waals surface area contributed by atoms with Crippen LogP contribution in [0.5, 0.6) is 0 Å². The Morgan fingerprint density at radius 3 is 2.77 bits per heavy atom. The molecule has 26 heavy (non-hydrogen) atoms. The van der Waals surface area contributed by atoms with Crippen molar-refractivity contribution in [2.75, 3.05) is 16.8 Å². The predicted octanol–water partition coefficient (Wildman–Crippen LogP) is 4.48. The summed E-state index contributed by atoms with van der Waals surface area (Å²) in [7, 11) is 0. The second-order valence-electron chi connectivity index (χ2n) is 7.82. The number of anilines is 2. The maximum Gasteiger partial charge on any atom is 0.227 e. The van der Waals surface area contributed by atoms with Crippen molar-refractivity contribution in [2.45, 2.75) is 47.0 Å². The van der Waals surface area contributed by atoms with Crippen molar-refractivity contribution in [2.24, 2.45) is 5.41 Å². The molecule has 5 nitrogen and oxygen atoms in total. The van der Waals surface area contributed by atoms with Gasteiger partial charge >= 0.3 is 0 Å². The van der Waals surface area contributed by atoms with Crippen LogP contribution in [0.15, 0.2) is 23.6 Å². The van der Waals surface area contributed by atoms with Crippen molar-refractivity contribution in [3.8, 4) is 11.3 Å². The average Bonchev–Trinajstić information content (AvgIpc) is 3.19. The standard InChI is InChI=1S/C20H25N3O2S/c1-5-17(24)22-19-21-15(12-26-19)13-6-7-16-14(10-13)8-9-23(16)18(25)11-20(2,3)4/h6-7,10,12H,5,8-9,11H2,1-4H3,(H,21,22,24). The molecule has 1 N–H and O–H groups in total. The fourth-order valence-corrected chi connectivity index (χ4v) is 3.78. The van der Waals surface area contributed by atoms with Crippen LogP contribution in [-0.4, -0.2) is 23.3 Å². The predicted molar refractivity (Wildman–Crippen MR) is 107 cm³/mol. The van der Waals surface area contributed by atoms with Gasteiger partial charge in [-0.15, -0.1) is 11.3 Å². The molecular formula is C20H25N3O2S. The third-order valence-electron chi connectivity index (χ3n) is 4.33. The third-order valence-corrected chi connectivity index (χ3v) is 5.08. The zero-order chi connectivity index (χ0) is 18.9. The highest BCUT2D eigenvalue weighted by molar-refractivity contribution is 7.14. The zero-order valence-corrected chi connectivity index (χ0v) is 16.6. The van der Waals surface area contributed by atoms with Crippen molar-refractivity contribution in [3.05, 3.63) is 29.1 Å². The Hall–Kier alpha value is -2.21. The summed E-state index contributed by atoms with van der Waals surface area (Å²) >= 11 is 1.43. The Balaban J connectivity index is 1.78. The monoisotopic (exact) mass is 371 g/mol. The van der Waals surface area contributed by atoms with Crippen LogP contribution in [0.2, 0.25) is 0 Å². The number of benzene rings is 1. The number of rotatable bonds is 4. The van der Waals surface area contributed by atoms with Crippen molar-refractivity contribution >= 4 is 34.0 Å². The van der Waals surface area contributed by atoms with E-state index >= 15 is 0 Å². The first kappa shape index (κ1) is 18.6. The highest BCUT2D eigenvalue weighted by Gasteiger charge is 2.28. The summed E-state index contributed by atoms with van der Waals surface area (Å²) in [5.74, 6) is 0.148. The molecule has 1 aliphatic heterocycles. The van der Waals surface area contributed by atoms with Gasteiger partial charge in [-0.3, -0.25) is 9.59 Å². The van der Waals surface area contributed by atoms with Gasteiger partial charge < -0.3 is 10.2 Å². The molecule has 138 valence electrons. The normalized spacial score (nSPS) is 13.6. The Kier molecular flexibility index (Phi) is 5.14. The lowest BCUT2D eigenvalue weighted by Crippen LogP contribution is -2.31. The zero-order valence-electron chi connectivity index (χ0n) is 15.8. The minimum Gasteiger partial charge on any atom is -0.312 e. The number of thiazole rings is 1. The fraction of sp³-hybridized carbons (Fsp3) is 0.450. The molecule has 0 saturated carbocycles. The highest BCUT2D eigenvalue weighted by Crippen LogP contribution is 2.34. The molecular weight excluding hydrogens is 346 g/mol. The van der Waals surface area contributed by atoms with Crippen LogP contribution in [0.25, 0.3) is 11.3 Å². The number of aromatic nitrogens is 1. The Labute approximate surface area is 158 Å². The summed E-state index contributed by atoms with van der Waals surface area (Å²) in [6.45, 7) is 8.81. The summed E-state index contributed by atoms with van der Waals surface area (Å²) in [5.41, 5.74) is 4.04. The number of fused-ring (bicyclic) bond motifs is 1. The van der Waals surface area contributed by atoms with E-state index < -0.39 is 0 Å². The van der Waals surface area contributed by atoms with Gasteiger partial charge in [0.1, 0.15) is 0 Å². The number of carbonyl (C=O) groups excluding carboxylic acids is 2. The van der Waals surface area contributed by atoms with E-state index in [-0.39, 0.29) is 17.2 Å².